The molecule has 1 saturated carbocycles. The van der Waals surface area contributed by atoms with Crippen molar-refractivity contribution >= 4 is 27.0 Å². The normalized spacial score (nSPS) is 20.3. The molecule has 0 saturated heterocycles. The van der Waals surface area contributed by atoms with Crippen molar-refractivity contribution in [3.05, 3.63) is 71.4 Å². The summed E-state index contributed by atoms with van der Waals surface area (Å²) in [5, 5.41) is 3.58. The number of allylic oxidation sites excluding steroid dienone is 1. The molecular formula is C29H37N3S. The fraction of sp³-hybridized carbons (Fsp3) is 0.483. The average molecular weight is 460 g/mol. The van der Waals surface area contributed by atoms with Crippen LogP contribution in [-0.4, -0.2) is 35.6 Å². The highest BCUT2D eigenvalue weighted by Gasteiger charge is 2.29. The van der Waals surface area contributed by atoms with Crippen molar-refractivity contribution in [2.75, 3.05) is 19.6 Å². The lowest BCUT2D eigenvalue weighted by atomic mass is 9.77. The number of hydrogen-bond donors (Lipinski definition) is 1. The molecule has 0 radical (unpaired) electrons. The Balaban J connectivity index is 1.28. The van der Waals surface area contributed by atoms with E-state index in [-0.39, 0.29) is 6.04 Å². The molecule has 0 spiro atoms. The molecule has 3 aromatic rings. The lowest BCUT2D eigenvalue weighted by Crippen LogP contribution is -2.39. The summed E-state index contributed by atoms with van der Waals surface area (Å²) in [6.45, 7) is 3.29. The van der Waals surface area contributed by atoms with Crippen molar-refractivity contribution in [2.24, 2.45) is 11.7 Å². The van der Waals surface area contributed by atoms with Crippen molar-refractivity contribution in [3.8, 4) is 0 Å². The molecule has 2 N–H and O–H groups in total. The van der Waals surface area contributed by atoms with Crippen LogP contribution >= 0.6 is 11.3 Å². The van der Waals surface area contributed by atoms with E-state index in [0.29, 0.717) is 11.8 Å². The van der Waals surface area contributed by atoms with Gasteiger partial charge in [-0.15, -0.1) is 11.3 Å². The van der Waals surface area contributed by atoms with E-state index in [2.05, 4.69) is 52.8 Å². The summed E-state index contributed by atoms with van der Waals surface area (Å²) in [4.78, 5) is 7.37. The summed E-state index contributed by atoms with van der Waals surface area (Å²) in [5.74, 6) is 0.994. The molecule has 174 valence electrons. The molecule has 0 bridgehead atoms. The summed E-state index contributed by atoms with van der Waals surface area (Å²) < 4.78 is 1.44. The molecule has 2 atom stereocenters. The van der Waals surface area contributed by atoms with Gasteiger partial charge in [0, 0.05) is 35.1 Å². The van der Waals surface area contributed by atoms with Gasteiger partial charge >= 0.3 is 0 Å². The molecule has 1 aliphatic heterocycles. The van der Waals surface area contributed by atoms with Crippen molar-refractivity contribution in [1.29, 1.82) is 0 Å². The second-order valence-corrected chi connectivity index (χ2v) is 10.8. The van der Waals surface area contributed by atoms with E-state index in [4.69, 9.17) is 10.7 Å². The van der Waals surface area contributed by atoms with Gasteiger partial charge < -0.3 is 5.73 Å². The van der Waals surface area contributed by atoms with Gasteiger partial charge in [0.15, 0.2) is 0 Å². The summed E-state index contributed by atoms with van der Waals surface area (Å²) in [6, 6.07) is 15.5. The zero-order valence-electron chi connectivity index (χ0n) is 19.7. The predicted molar refractivity (Wildman–Crippen MR) is 142 cm³/mol. The number of nitrogens with two attached hydrogens (primary N) is 1. The van der Waals surface area contributed by atoms with Gasteiger partial charge in [-0.2, -0.15) is 0 Å². The minimum atomic E-state index is 0.217. The fourth-order valence-corrected chi connectivity index (χ4v) is 6.87. The Bertz CT molecular complexity index is 1050. The average Bonchev–Trinajstić information content (AvgIpc) is 3.24. The van der Waals surface area contributed by atoms with Crippen molar-refractivity contribution in [2.45, 2.75) is 63.3 Å². The summed E-state index contributed by atoms with van der Waals surface area (Å²) in [7, 11) is 0. The van der Waals surface area contributed by atoms with Crippen LogP contribution in [0.25, 0.3) is 15.7 Å². The Kier molecular flexibility index (Phi) is 7.55. The molecular weight excluding hydrogens is 422 g/mol. The molecule has 1 aliphatic carbocycles. The topological polar surface area (TPSA) is 42.1 Å². The first-order valence-electron chi connectivity index (χ1n) is 12.8. The lowest BCUT2D eigenvalue weighted by Gasteiger charge is -2.34. The van der Waals surface area contributed by atoms with Crippen molar-refractivity contribution in [1.82, 2.24) is 9.88 Å². The van der Waals surface area contributed by atoms with Crippen molar-refractivity contribution in [3.63, 3.8) is 0 Å². The third kappa shape index (κ3) is 5.40. The van der Waals surface area contributed by atoms with Gasteiger partial charge in [-0.1, -0.05) is 49.6 Å². The number of thiophene rings is 1. The van der Waals surface area contributed by atoms with E-state index in [1.54, 1.807) is 0 Å². The second-order valence-electron chi connectivity index (χ2n) is 9.90. The van der Waals surface area contributed by atoms with Crippen LogP contribution < -0.4 is 5.73 Å². The van der Waals surface area contributed by atoms with Gasteiger partial charge in [-0.25, -0.2) is 0 Å². The lowest BCUT2D eigenvalue weighted by molar-refractivity contribution is 0.240. The van der Waals surface area contributed by atoms with Gasteiger partial charge in [0.1, 0.15) is 0 Å². The molecule has 1 fully saturated rings. The molecule has 3 nitrogen and oxygen atoms in total. The molecule has 1 aromatic carbocycles. The van der Waals surface area contributed by atoms with Crippen LogP contribution in [0, 0.1) is 5.92 Å². The van der Waals surface area contributed by atoms with E-state index in [1.165, 1.54) is 71.9 Å². The van der Waals surface area contributed by atoms with Crippen LogP contribution in [0.2, 0.25) is 0 Å². The van der Waals surface area contributed by atoms with Gasteiger partial charge in [0.2, 0.25) is 0 Å². The molecule has 3 heterocycles. The maximum Gasteiger partial charge on any atom is 0.0450 e. The first-order valence-corrected chi connectivity index (χ1v) is 13.7. The maximum atomic E-state index is 6.94. The molecule has 2 aliphatic rings. The van der Waals surface area contributed by atoms with E-state index < -0.39 is 0 Å². The third-order valence-electron chi connectivity index (χ3n) is 7.82. The molecule has 2 unspecified atom stereocenters. The Morgan fingerprint density at radius 2 is 1.94 bits per heavy atom. The zero-order chi connectivity index (χ0) is 22.5. The molecule has 4 heteroatoms. The number of benzene rings is 1. The van der Waals surface area contributed by atoms with Crippen LogP contribution in [0.5, 0.6) is 0 Å². The second kappa shape index (κ2) is 10.9. The number of fused-ring (bicyclic) bond motifs is 1. The van der Waals surface area contributed by atoms with Crippen LogP contribution in [0.1, 0.15) is 68.5 Å². The van der Waals surface area contributed by atoms with Crippen LogP contribution in [-0.2, 0) is 0 Å². The smallest absolute Gasteiger partial charge is 0.0450 e. The highest BCUT2D eigenvalue weighted by atomic mass is 32.1. The zero-order valence-corrected chi connectivity index (χ0v) is 20.5. The standard InChI is InChI=1S/C29H37N3S/c30-28(23-8-2-1-3-9-23)26(27-13-4-5-17-31-27)15-20-32-18-7-11-22(14-19-32)25-12-6-10-24-16-21-33-29(24)25/h4-6,10,12-14,16-17,21,23,26,28H,1-3,7-9,11,15,18-20,30H2. The summed E-state index contributed by atoms with van der Waals surface area (Å²) >= 11 is 1.87. The summed E-state index contributed by atoms with van der Waals surface area (Å²) in [6.07, 6.45) is 14.5. The van der Waals surface area contributed by atoms with E-state index in [1.807, 2.05) is 23.6 Å². The Morgan fingerprint density at radius 1 is 1.03 bits per heavy atom. The first-order chi connectivity index (χ1) is 16.3. The SMILES string of the molecule is NC(C1CCCCC1)C(CCN1CC=C(c2cccc3ccsc23)CCC1)c1ccccn1. The van der Waals surface area contributed by atoms with E-state index in [0.717, 1.165) is 26.1 Å². The number of pyridine rings is 1. The highest BCUT2D eigenvalue weighted by Crippen LogP contribution is 2.35. The Morgan fingerprint density at radius 3 is 2.79 bits per heavy atom. The van der Waals surface area contributed by atoms with E-state index >= 15 is 0 Å². The van der Waals surface area contributed by atoms with E-state index in [9.17, 15) is 0 Å². The number of hydrogen-bond acceptors (Lipinski definition) is 4. The van der Waals surface area contributed by atoms with Crippen molar-refractivity contribution < 1.29 is 0 Å². The third-order valence-corrected chi connectivity index (χ3v) is 8.79. The minimum Gasteiger partial charge on any atom is -0.327 e. The van der Waals surface area contributed by atoms with Crippen LogP contribution in [0.4, 0.5) is 0 Å². The van der Waals surface area contributed by atoms with Gasteiger partial charge in [-0.05, 0) is 91.2 Å². The van der Waals surface area contributed by atoms with Crippen LogP contribution in [0.3, 0.4) is 0 Å². The Hall–Kier alpha value is -2.01. The molecule has 0 amide bonds. The van der Waals surface area contributed by atoms with Crippen LogP contribution in [0.15, 0.2) is 60.1 Å². The summed E-state index contributed by atoms with van der Waals surface area (Å²) in [5.41, 5.74) is 11.1. The highest BCUT2D eigenvalue weighted by molar-refractivity contribution is 7.17. The quantitative estimate of drug-likeness (QED) is 0.420. The first kappa shape index (κ1) is 22.8. The predicted octanol–water partition coefficient (Wildman–Crippen LogP) is 6.86. The fourth-order valence-electron chi connectivity index (χ4n) is 5.92. The molecule has 5 rings (SSSR count). The molecule has 2 aromatic heterocycles. The maximum absolute atomic E-state index is 6.94. The number of rotatable bonds is 7. The molecule has 33 heavy (non-hydrogen) atoms. The van der Waals surface area contributed by atoms with Gasteiger partial charge in [0.05, 0.1) is 0 Å². The largest absolute Gasteiger partial charge is 0.327 e. The Labute approximate surface area is 202 Å². The number of aromatic nitrogens is 1. The van der Waals surface area contributed by atoms with Gasteiger partial charge in [0.25, 0.3) is 0 Å². The van der Waals surface area contributed by atoms with Gasteiger partial charge in [-0.3, -0.25) is 9.88 Å². The monoisotopic (exact) mass is 459 g/mol. The minimum absolute atomic E-state index is 0.217. The number of nitrogens with zero attached hydrogens (tertiary/aromatic N) is 2.